The number of nitrogens with two attached hydrogens (primary N) is 1. The third-order valence-electron chi connectivity index (χ3n) is 5.92. The van der Waals surface area contributed by atoms with Crippen molar-refractivity contribution in [3.63, 3.8) is 0 Å². The molecule has 0 spiro atoms. The quantitative estimate of drug-likeness (QED) is 0.283. The SMILES string of the molecule is COc1cc(C(C)(C)C)c(O)c(NC(=O)NC2CCCCCC2)c1-c1ccc(N)cc1. The van der Waals surface area contributed by atoms with Crippen LogP contribution < -0.4 is 21.1 Å². The van der Waals surface area contributed by atoms with Crippen molar-refractivity contribution in [3.8, 4) is 22.6 Å². The first kappa shape index (κ1) is 22.8. The molecule has 6 nitrogen and oxygen atoms in total. The minimum atomic E-state index is -0.342. The summed E-state index contributed by atoms with van der Waals surface area (Å²) in [6.45, 7) is 6.04. The maximum atomic E-state index is 12.9. The first-order valence-electron chi connectivity index (χ1n) is 11.1. The third kappa shape index (κ3) is 5.43. The summed E-state index contributed by atoms with van der Waals surface area (Å²) in [5, 5.41) is 17.2. The van der Waals surface area contributed by atoms with Crippen molar-refractivity contribution >= 4 is 17.4 Å². The van der Waals surface area contributed by atoms with Crippen LogP contribution in [0.1, 0.15) is 64.9 Å². The Hall–Kier alpha value is -2.89. The molecule has 31 heavy (non-hydrogen) atoms. The van der Waals surface area contributed by atoms with Gasteiger partial charge < -0.3 is 26.2 Å². The number of urea groups is 1. The molecule has 2 aromatic carbocycles. The maximum Gasteiger partial charge on any atom is 0.319 e. The summed E-state index contributed by atoms with van der Waals surface area (Å²) in [6.07, 6.45) is 6.64. The number of amides is 2. The van der Waals surface area contributed by atoms with Gasteiger partial charge in [-0.05, 0) is 42.0 Å². The summed E-state index contributed by atoms with van der Waals surface area (Å²) in [7, 11) is 1.59. The topological polar surface area (TPSA) is 96.6 Å². The zero-order valence-electron chi connectivity index (χ0n) is 19.0. The number of phenols is 1. The van der Waals surface area contributed by atoms with Gasteiger partial charge in [0.05, 0.1) is 18.4 Å². The van der Waals surface area contributed by atoms with Gasteiger partial charge in [-0.3, -0.25) is 0 Å². The lowest BCUT2D eigenvalue weighted by Crippen LogP contribution is -2.37. The maximum absolute atomic E-state index is 12.9. The second-order valence-corrected chi connectivity index (χ2v) is 9.38. The molecule has 1 saturated carbocycles. The molecular formula is C25H35N3O3. The number of carbonyl (C=O) groups is 1. The fourth-order valence-electron chi connectivity index (χ4n) is 4.20. The highest BCUT2D eigenvalue weighted by Gasteiger charge is 2.27. The zero-order chi connectivity index (χ0) is 22.6. The van der Waals surface area contributed by atoms with Crippen LogP contribution in [0.3, 0.4) is 0 Å². The molecule has 2 aromatic rings. The van der Waals surface area contributed by atoms with Crippen LogP contribution in [0, 0.1) is 0 Å². The molecule has 1 aliphatic rings. The van der Waals surface area contributed by atoms with Crippen molar-refractivity contribution in [2.75, 3.05) is 18.2 Å². The van der Waals surface area contributed by atoms with Crippen LogP contribution in [0.4, 0.5) is 16.2 Å². The Morgan fingerprint density at radius 1 is 1.10 bits per heavy atom. The van der Waals surface area contributed by atoms with E-state index in [1.54, 1.807) is 19.2 Å². The van der Waals surface area contributed by atoms with Crippen molar-refractivity contribution in [3.05, 3.63) is 35.9 Å². The van der Waals surface area contributed by atoms with E-state index in [1.807, 2.05) is 39.0 Å². The summed E-state index contributed by atoms with van der Waals surface area (Å²) in [5.41, 5.74) is 8.63. The Balaban J connectivity index is 2.04. The van der Waals surface area contributed by atoms with Gasteiger partial charge in [0, 0.05) is 17.3 Å². The Labute approximate surface area is 185 Å². The Kier molecular flexibility index (Phi) is 6.98. The lowest BCUT2D eigenvalue weighted by Gasteiger charge is -2.26. The Bertz CT molecular complexity index is 909. The van der Waals surface area contributed by atoms with E-state index in [2.05, 4.69) is 10.6 Å². The van der Waals surface area contributed by atoms with Crippen molar-refractivity contribution in [1.82, 2.24) is 5.32 Å². The van der Waals surface area contributed by atoms with Crippen molar-refractivity contribution in [2.45, 2.75) is 70.8 Å². The van der Waals surface area contributed by atoms with Crippen LogP contribution in [0.15, 0.2) is 30.3 Å². The molecule has 0 aromatic heterocycles. The molecule has 6 heteroatoms. The van der Waals surface area contributed by atoms with E-state index in [0.717, 1.165) is 31.2 Å². The minimum absolute atomic E-state index is 0.0520. The zero-order valence-corrected chi connectivity index (χ0v) is 19.0. The number of hydrogen-bond acceptors (Lipinski definition) is 4. The highest BCUT2D eigenvalue weighted by atomic mass is 16.5. The third-order valence-corrected chi connectivity index (χ3v) is 5.92. The lowest BCUT2D eigenvalue weighted by molar-refractivity contribution is 0.247. The fourth-order valence-corrected chi connectivity index (χ4v) is 4.20. The monoisotopic (exact) mass is 425 g/mol. The number of anilines is 2. The highest BCUT2D eigenvalue weighted by Crippen LogP contribution is 2.48. The molecule has 1 aliphatic carbocycles. The molecule has 1 fully saturated rings. The average molecular weight is 426 g/mol. The number of phenolic OH excluding ortho intramolecular Hbond substituents is 1. The summed E-state index contributed by atoms with van der Waals surface area (Å²) in [5.74, 6) is 0.633. The summed E-state index contributed by atoms with van der Waals surface area (Å²) in [4.78, 5) is 12.9. The highest BCUT2D eigenvalue weighted by molar-refractivity contribution is 5.99. The van der Waals surface area contributed by atoms with Crippen LogP contribution in [0.25, 0.3) is 11.1 Å². The predicted molar refractivity (Wildman–Crippen MR) is 127 cm³/mol. The smallest absolute Gasteiger partial charge is 0.319 e. The van der Waals surface area contributed by atoms with Gasteiger partial charge in [-0.25, -0.2) is 4.79 Å². The predicted octanol–water partition coefficient (Wildman–Crippen LogP) is 5.79. The average Bonchev–Trinajstić information content (AvgIpc) is 2.97. The molecule has 0 bridgehead atoms. The van der Waals surface area contributed by atoms with Crippen LogP contribution >= 0.6 is 0 Å². The lowest BCUT2D eigenvalue weighted by atomic mass is 9.84. The van der Waals surface area contributed by atoms with Gasteiger partial charge in [0.1, 0.15) is 11.5 Å². The second kappa shape index (κ2) is 9.50. The largest absolute Gasteiger partial charge is 0.505 e. The first-order valence-corrected chi connectivity index (χ1v) is 11.1. The summed E-state index contributed by atoms with van der Waals surface area (Å²) in [6, 6.07) is 8.98. The number of carbonyl (C=O) groups excluding carboxylic acids is 1. The van der Waals surface area contributed by atoms with E-state index in [-0.39, 0.29) is 23.2 Å². The second-order valence-electron chi connectivity index (χ2n) is 9.38. The molecular weight excluding hydrogens is 390 g/mol. The van der Waals surface area contributed by atoms with Crippen molar-refractivity contribution in [2.24, 2.45) is 0 Å². The van der Waals surface area contributed by atoms with E-state index in [9.17, 15) is 9.90 Å². The number of nitrogens with one attached hydrogen (secondary N) is 2. The van der Waals surface area contributed by atoms with Crippen molar-refractivity contribution in [1.29, 1.82) is 0 Å². The number of nitrogen functional groups attached to an aromatic ring is 1. The molecule has 0 heterocycles. The van der Waals surface area contributed by atoms with Gasteiger partial charge in [0.25, 0.3) is 0 Å². The van der Waals surface area contributed by atoms with Crippen LogP contribution in [0.2, 0.25) is 0 Å². The molecule has 3 rings (SSSR count). The number of ether oxygens (including phenoxy) is 1. The van der Waals surface area contributed by atoms with Gasteiger partial charge in [0.15, 0.2) is 0 Å². The van der Waals surface area contributed by atoms with Crippen molar-refractivity contribution < 1.29 is 14.6 Å². The number of rotatable bonds is 4. The van der Waals surface area contributed by atoms with E-state index >= 15 is 0 Å². The van der Waals surface area contributed by atoms with E-state index in [1.165, 1.54) is 12.8 Å². The molecule has 0 saturated heterocycles. The van der Waals surface area contributed by atoms with E-state index in [4.69, 9.17) is 10.5 Å². The molecule has 5 N–H and O–H groups in total. The molecule has 168 valence electrons. The number of benzene rings is 2. The fraction of sp³-hybridized carbons (Fsp3) is 0.480. The van der Waals surface area contributed by atoms with Crippen LogP contribution in [-0.2, 0) is 5.41 Å². The Morgan fingerprint density at radius 2 is 1.71 bits per heavy atom. The van der Waals surface area contributed by atoms with E-state index < -0.39 is 0 Å². The number of methoxy groups -OCH3 is 1. The summed E-state index contributed by atoms with van der Waals surface area (Å²) >= 11 is 0. The molecule has 0 unspecified atom stereocenters. The van der Waals surface area contributed by atoms with Gasteiger partial charge >= 0.3 is 6.03 Å². The van der Waals surface area contributed by atoms with Crippen LogP contribution in [0.5, 0.6) is 11.5 Å². The van der Waals surface area contributed by atoms with E-state index in [0.29, 0.717) is 28.3 Å². The summed E-state index contributed by atoms with van der Waals surface area (Å²) < 4.78 is 5.70. The molecule has 2 amide bonds. The van der Waals surface area contributed by atoms with Gasteiger partial charge in [-0.15, -0.1) is 0 Å². The van der Waals surface area contributed by atoms with Gasteiger partial charge in [-0.1, -0.05) is 58.6 Å². The molecule has 0 radical (unpaired) electrons. The first-order chi connectivity index (χ1) is 14.7. The minimum Gasteiger partial charge on any atom is -0.505 e. The van der Waals surface area contributed by atoms with Gasteiger partial charge in [-0.2, -0.15) is 0 Å². The van der Waals surface area contributed by atoms with Gasteiger partial charge in [0.2, 0.25) is 0 Å². The standard InChI is InChI=1S/C25H35N3O3/c1-25(2,3)19-15-20(31-4)21(16-11-13-17(26)14-12-16)22(23(19)29)28-24(30)27-18-9-7-5-6-8-10-18/h11-15,18,29H,5-10,26H2,1-4H3,(H2,27,28,30). The van der Waals surface area contributed by atoms with Crippen LogP contribution in [-0.4, -0.2) is 24.3 Å². The normalized spacial score (nSPS) is 15.2. The number of hydrogen-bond donors (Lipinski definition) is 4. The number of aromatic hydroxyl groups is 1. The molecule has 0 atom stereocenters. The molecule has 0 aliphatic heterocycles. The Morgan fingerprint density at radius 3 is 2.26 bits per heavy atom.